The van der Waals surface area contributed by atoms with Gasteiger partial charge in [0, 0.05) is 6.92 Å². The number of rotatable bonds is 0. The summed E-state index contributed by atoms with van der Waals surface area (Å²) in [5.41, 5.74) is 0. The monoisotopic (exact) mass is 98.1 g/mol. The molecule has 0 unspecified atom stereocenters. The Bertz CT molecular complexity index is 45.4. The summed E-state index contributed by atoms with van der Waals surface area (Å²) < 4.78 is 4.11. The van der Waals surface area contributed by atoms with E-state index in [2.05, 4.69) is 4.74 Å². The van der Waals surface area contributed by atoms with Crippen LogP contribution < -0.4 is 18.9 Å². The van der Waals surface area contributed by atoms with Crippen LogP contribution in [-0.2, 0) is 9.53 Å². The molecule has 0 saturated carbocycles. The SMILES string of the molecule is COC(C)=O.[Li+].[OH-]. The maximum absolute atomic E-state index is 9.59. The van der Waals surface area contributed by atoms with Gasteiger partial charge in [0.05, 0.1) is 7.11 Å². The average molecular weight is 98.0 g/mol. The molecule has 1 N–H and O–H groups in total. The molecule has 0 aromatic carbocycles. The van der Waals surface area contributed by atoms with Crippen LogP contribution in [0.3, 0.4) is 0 Å². The summed E-state index contributed by atoms with van der Waals surface area (Å²) in [6.45, 7) is 1.36. The largest absolute Gasteiger partial charge is 1.00 e. The summed E-state index contributed by atoms with van der Waals surface area (Å²) in [7, 11) is 1.35. The molecule has 0 amide bonds. The second-order valence-corrected chi connectivity index (χ2v) is 0.696. The molecular weight excluding hydrogens is 91.0 g/mol. The molecule has 4 heteroatoms. The van der Waals surface area contributed by atoms with Crippen LogP contribution in [0.25, 0.3) is 0 Å². The predicted molar refractivity (Wildman–Crippen MR) is 19.6 cm³/mol. The van der Waals surface area contributed by atoms with Crippen LogP contribution in [0.15, 0.2) is 0 Å². The standard InChI is InChI=1S/C3H6O2.Li.H2O/c1-3(4)5-2;;/h1-2H3;;1H2/q;+1;/p-1. The summed E-state index contributed by atoms with van der Waals surface area (Å²) in [6.07, 6.45) is 0. The summed E-state index contributed by atoms with van der Waals surface area (Å²) in [5.74, 6) is -0.245. The van der Waals surface area contributed by atoms with Crippen LogP contribution >= 0.6 is 0 Å². The van der Waals surface area contributed by atoms with Gasteiger partial charge in [-0.15, -0.1) is 0 Å². The minimum absolute atomic E-state index is 0. The Hall–Kier alpha value is 0.0274. The number of ether oxygens (including phenoxy) is 1. The van der Waals surface area contributed by atoms with Crippen molar-refractivity contribution >= 4 is 5.97 Å². The molecule has 0 aliphatic rings. The normalized spacial score (nSPS) is 4.86. The first-order valence-corrected chi connectivity index (χ1v) is 1.32. The summed E-state index contributed by atoms with van der Waals surface area (Å²) in [4.78, 5) is 9.59. The van der Waals surface area contributed by atoms with Gasteiger partial charge in [0.1, 0.15) is 0 Å². The fraction of sp³-hybridized carbons (Fsp3) is 0.667. The van der Waals surface area contributed by atoms with Crippen molar-refractivity contribution in [3.8, 4) is 0 Å². The molecule has 0 aliphatic heterocycles. The van der Waals surface area contributed by atoms with E-state index in [0.29, 0.717) is 0 Å². The number of methoxy groups -OCH3 is 1. The molecule has 0 spiro atoms. The van der Waals surface area contributed by atoms with Crippen LogP contribution in [0.1, 0.15) is 6.92 Å². The Morgan fingerprint density at radius 1 is 1.57 bits per heavy atom. The molecule has 7 heavy (non-hydrogen) atoms. The van der Waals surface area contributed by atoms with Gasteiger partial charge in [-0.2, -0.15) is 0 Å². The third-order valence-corrected chi connectivity index (χ3v) is 0.287. The summed E-state index contributed by atoms with van der Waals surface area (Å²) in [6, 6.07) is 0. The van der Waals surface area contributed by atoms with Gasteiger partial charge in [-0.3, -0.25) is 4.79 Å². The minimum Gasteiger partial charge on any atom is -0.870 e. The molecular formula is C3H7LiO3. The number of hydrogen-bond acceptors (Lipinski definition) is 3. The van der Waals surface area contributed by atoms with Crippen LogP contribution in [-0.4, -0.2) is 18.6 Å². The van der Waals surface area contributed by atoms with Crippen molar-refractivity contribution < 1.29 is 33.9 Å². The van der Waals surface area contributed by atoms with Crippen molar-refractivity contribution in [1.82, 2.24) is 0 Å². The van der Waals surface area contributed by atoms with Crippen molar-refractivity contribution in [2.45, 2.75) is 6.92 Å². The first-order valence-electron chi connectivity index (χ1n) is 1.32. The van der Waals surface area contributed by atoms with Crippen LogP contribution in [0.4, 0.5) is 0 Å². The van der Waals surface area contributed by atoms with Crippen LogP contribution in [0.5, 0.6) is 0 Å². The second kappa shape index (κ2) is 9.39. The quantitative estimate of drug-likeness (QED) is 0.240. The van der Waals surface area contributed by atoms with Gasteiger partial charge < -0.3 is 10.2 Å². The third-order valence-electron chi connectivity index (χ3n) is 0.287. The molecule has 0 atom stereocenters. The van der Waals surface area contributed by atoms with Gasteiger partial charge in [-0.05, 0) is 0 Å². The topological polar surface area (TPSA) is 56.3 Å². The second-order valence-electron chi connectivity index (χ2n) is 0.696. The van der Waals surface area contributed by atoms with Gasteiger partial charge in [-0.25, -0.2) is 0 Å². The molecule has 38 valence electrons. The number of carbonyl (C=O) groups excluding carboxylic acids is 1. The molecule has 0 aliphatic carbocycles. The zero-order valence-electron chi connectivity index (χ0n) is 4.76. The van der Waals surface area contributed by atoms with E-state index in [1.807, 2.05) is 0 Å². The zero-order chi connectivity index (χ0) is 4.28. The predicted octanol–water partition coefficient (Wildman–Crippen LogP) is -2.99. The Labute approximate surface area is 54.5 Å². The fourth-order valence-corrected chi connectivity index (χ4v) is 0. The maximum atomic E-state index is 9.59. The summed E-state index contributed by atoms with van der Waals surface area (Å²) >= 11 is 0. The maximum Gasteiger partial charge on any atom is 1.00 e. The van der Waals surface area contributed by atoms with Gasteiger partial charge in [0.25, 0.3) is 0 Å². The molecule has 0 saturated heterocycles. The number of carbonyl (C=O) groups is 1. The van der Waals surface area contributed by atoms with Crippen molar-refractivity contribution in [3.05, 3.63) is 0 Å². The molecule has 0 aromatic heterocycles. The van der Waals surface area contributed by atoms with Gasteiger partial charge in [0.2, 0.25) is 0 Å². The van der Waals surface area contributed by atoms with E-state index in [1.165, 1.54) is 14.0 Å². The Kier molecular flexibility index (Phi) is 21.1. The Morgan fingerprint density at radius 3 is 1.71 bits per heavy atom. The van der Waals surface area contributed by atoms with Crippen molar-refractivity contribution in [2.24, 2.45) is 0 Å². The molecule has 0 aromatic rings. The molecule has 0 radical (unpaired) electrons. The zero-order valence-corrected chi connectivity index (χ0v) is 4.76. The van der Waals surface area contributed by atoms with E-state index in [4.69, 9.17) is 0 Å². The molecule has 0 heterocycles. The van der Waals surface area contributed by atoms with E-state index in [9.17, 15) is 4.79 Å². The first kappa shape index (κ1) is 15.7. The van der Waals surface area contributed by atoms with Crippen molar-refractivity contribution in [2.75, 3.05) is 7.11 Å². The van der Waals surface area contributed by atoms with Gasteiger partial charge in [-0.1, -0.05) is 0 Å². The van der Waals surface area contributed by atoms with E-state index in [1.54, 1.807) is 0 Å². The van der Waals surface area contributed by atoms with Crippen LogP contribution in [0, 0.1) is 0 Å². The van der Waals surface area contributed by atoms with Crippen molar-refractivity contribution in [1.29, 1.82) is 0 Å². The smallest absolute Gasteiger partial charge is 0.870 e. The Morgan fingerprint density at radius 2 is 1.71 bits per heavy atom. The Balaban J connectivity index is -0.0000000800. The molecule has 0 bridgehead atoms. The molecule has 0 rings (SSSR count). The van der Waals surface area contributed by atoms with Gasteiger partial charge >= 0.3 is 24.8 Å². The molecule has 0 fully saturated rings. The van der Waals surface area contributed by atoms with E-state index < -0.39 is 0 Å². The number of hydrogen-bond donors (Lipinski definition) is 0. The summed E-state index contributed by atoms with van der Waals surface area (Å²) in [5, 5.41) is 0. The van der Waals surface area contributed by atoms with E-state index >= 15 is 0 Å². The third kappa shape index (κ3) is 23.8. The molecule has 3 nitrogen and oxygen atoms in total. The number of esters is 1. The minimum atomic E-state index is -0.245. The van der Waals surface area contributed by atoms with E-state index in [0.717, 1.165) is 0 Å². The van der Waals surface area contributed by atoms with Crippen molar-refractivity contribution in [3.63, 3.8) is 0 Å². The van der Waals surface area contributed by atoms with Crippen LogP contribution in [0.2, 0.25) is 0 Å². The fourth-order valence-electron chi connectivity index (χ4n) is 0. The first-order chi connectivity index (χ1) is 2.27. The average Bonchev–Trinajstić information content (AvgIpc) is 1.38. The van der Waals surface area contributed by atoms with E-state index in [-0.39, 0.29) is 30.3 Å². The van der Waals surface area contributed by atoms with Gasteiger partial charge in [0.15, 0.2) is 0 Å².